The van der Waals surface area contributed by atoms with Crippen LogP contribution in [0.2, 0.25) is 0 Å². The highest BCUT2D eigenvalue weighted by atomic mass is 32.2. The quantitative estimate of drug-likeness (QED) is 0.546. The van der Waals surface area contributed by atoms with Gasteiger partial charge in [-0.15, -0.1) is 0 Å². The number of anilines is 1. The minimum atomic E-state index is -4.07. The average molecular weight is 498 g/mol. The smallest absolute Gasteiger partial charge is 0.264 e. The zero-order valence-electron chi connectivity index (χ0n) is 18.7. The second-order valence-electron chi connectivity index (χ2n) is 8.02. The molecule has 180 valence electrons. The first-order valence-corrected chi connectivity index (χ1v) is 12.2. The number of carbonyl (C=O) groups is 1. The maximum absolute atomic E-state index is 13.7. The van der Waals surface area contributed by atoms with E-state index >= 15 is 0 Å². The van der Waals surface area contributed by atoms with Crippen LogP contribution in [0.4, 0.5) is 14.5 Å². The largest absolute Gasteiger partial charge is 0.480 e. The molecular formula is C25H21F2N3O4S. The number of hydrogen-bond acceptors (Lipinski definition) is 5. The van der Waals surface area contributed by atoms with Crippen molar-refractivity contribution in [2.24, 2.45) is 0 Å². The van der Waals surface area contributed by atoms with E-state index < -0.39 is 27.8 Å². The Morgan fingerprint density at radius 1 is 1.11 bits per heavy atom. The zero-order chi connectivity index (χ0) is 25.2. The summed E-state index contributed by atoms with van der Waals surface area (Å²) in [5.74, 6) is -1.45. The van der Waals surface area contributed by atoms with Crippen molar-refractivity contribution in [1.82, 2.24) is 4.90 Å². The molecule has 35 heavy (non-hydrogen) atoms. The van der Waals surface area contributed by atoms with E-state index in [4.69, 9.17) is 4.74 Å². The second kappa shape index (κ2) is 9.72. The molecule has 7 nitrogen and oxygen atoms in total. The van der Waals surface area contributed by atoms with Gasteiger partial charge in [-0.1, -0.05) is 19.1 Å². The van der Waals surface area contributed by atoms with Gasteiger partial charge in [0.25, 0.3) is 15.9 Å². The molecular weight excluding hydrogens is 476 g/mol. The first-order valence-electron chi connectivity index (χ1n) is 10.8. The lowest BCUT2D eigenvalue weighted by Crippen LogP contribution is -2.38. The zero-order valence-corrected chi connectivity index (χ0v) is 19.5. The van der Waals surface area contributed by atoms with Crippen LogP contribution in [0.3, 0.4) is 0 Å². The van der Waals surface area contributed by atoms with E-state index in [9.17, 15) is 27.3 Å². The summed E-state index contributed by atoms with van der Waals surface area (Å²) in [5, 5.41) is 9.25. The molecule has 0 spiro atoms. The van der Waals surface area contributed by atoms with Gasteiger partial charge in [0.15, 0.2) is 6.10 Å². The molecule has 0 aromatic heterocycles. The van der Waals surface area contributed by atoms with E-state index in [1.54, 1.807) is 19.1 Å². The van der Waals surface area contributed by atoms with Gasteiger partial charge < -0.3 is 9.64 Å². The number of amides is 1. The molecule has 1 atom stereocenters. The number of rotatable bonds is 6. The van der Waals surface area contributed by atoms with Crippen LogP contribution in [-0.2, 0) is 27.9 Å². The van der Waals surface area contributed by atoms with Crippen molar-refractivity contribution < 1.29 is 26.7 Å². The van der Waals surface area contributed by atoms with Crippen LogP contribution in [-0.4, -0.2) is 25.3 Å². The molecule has 1 N–H and O–H groups in total. The maximum Gasteiger partial charge on any atom is 0.264 e. The number of sulfonamides is 1. The average Bonchev–Trinajstić information content (AvgIpc) is 2.94. The maximum atomic E-state index is 13.7. The fraction of sp³-hybridized carbons (Fsp3) is 0.200. The lowest BCUT2D eigenvalue weighted by molar-refractivity contribution is -0.139. The first kappa shape index (κ1) is 24.2. The van der Waals surface area contributed by atoms with Crippen molar-refractivity contribution in [3.8, 4) is 11.8 Å². The first-order chi connectivity index (χ1) is 16.7. The van der Waals surface area contributed by atoms with Crippen molar-refractivity contribution in [3.05, 3.63) is 89.0 Å². The van der Waals surface area contributed by atoms with Crippen molar-refractivity contribution in [2.45, 2.75) is 37.4 Å². The van der Waals surface area contributed by atoms with E-state index in [1.807, 2.05) is 6.07 Å². The van der Waals surface area contributed by atoms with E-state index in [0.29, 0.717) is 17.7 Å². The van der Waals surface area contributed by atoms with E-state index in [-0.39, 0.29) is 40.7 Å². The highest BCUT2D eigenvalue weighted by Crippen LogP contribution is 2.31. The number of nitrogens with zero attached hydrogens (tertiary/aromatic N) is 2. The lowest BCUT2D eigenvalue weighted by atomic mass is 10.1. The van der Waals surface area contributed by atoms with Gasteiger partial charge in [0.2, 0.25) is 0 Å². The monoisotopic (exact) mass is 497 g/mol. The number of carbonyl (C=O) groups excluding carboxylic acids is 1. The summed E-state index contributed by atoms with van der Waals surface area (Å²) in [6.07, 6.45) is -0.439. The molecule has 1 aliphatic rings. The van der Waals surface area contributed by atoms with Crippen LogP contribution < -0.4 is 9.46 Å². The van der Waals surface area contributed by atoms with Crippen molar-refractivity contribution >= 4 is 21.6 Å². The van der Waals surface area contributed by atoms with Gasteiger partial charge >= 0.3 is 0 Å². The number of ether oxygens (including phenoxy) is 1. The fourth-order valence-electron chi connectivity index (χ4n) is 3.89. The molecule has 1 heterocycles. The van der Waals surface area contributed by atoms with E-state index in [1.165, 1.54) is 35.2 Å². The Labute approximate surface area is 201 Å². The predicted molar refractivity (Wildman–Crippen MR) is 124 cm³/mol. The van der Waals surface area contributed by atoms with Crippen LogP contribution >= 0.6 is 0 Å². The van der Waals surface area contributed by atoms with Gasteiger partial charge in [-0.2, -0.15) is 5.26 Å². The lowest BCUT2D eigenvalue weighted by Gasteiger charge is -2.23. The number of fused-ring (bicyclic) bond motifs is 1. The normalized spacial score (nSPS) is 15.5. The number of benzene rings is 3. The van der Waals surface area contributed by atoms with Crippen molar-refractivity contribution in [2.75, 3.05) is 4.72 Å². The predicted octanol–water partition coefficient (Wildman–Crippen LogP) is 4.34. The van der Waals surface area contributed by atoms with Gasteiger partial charge in [0.05, 0.1) is 5.56 Å². The number of nitrogens with one attached hydrogen (secondary N) is 1. The van der Waals surface area contributed by atoms with E-state index in [0.717, 1.165) is 18.2 Å². The molecule has 0 radical (unpaired) electrons. The molecule has 0 fully saturated rings. The van der Waals surface area contributed by atoms with Crippen LogP contribution in [0.1, 0.15) is 30.0 Å². The Hall–Kier alpha value is -3.97. The molecule has 1 aliphatic heterocycles. The third-order valence-corrected chi connectivity index (χ3v) is 6.93. The van der Waals surface area contributed by atoms with Gasteiger partial charge in [-0.3, -0.25) is 9.52 Å². The van der Waals surface area contributed by atoms with Crippen molar-refractivity contribution in [1.29, 1.82) is 5.26 Å². The summed E-state index contributed by atoms with van der Waals surface area (Å²) in [7, 11) is -4.07. The molecule has 0 aliphatic carbocycles. The van der Waals surface area contributed by atoms with E-state index in [2.05, 4.69) is 4.72 Å². The fourth-order valence-corrected chi connectivity index (χ4v) is 5.10. The SMILES string of the molecule is CC[C@@H]1Oc2ccc(NS(=O)(=O)c3ccccc3C#N)cc2CN(Cc2cc(F)cc(F)c2)C1=O. The third-order valence-electron chi connectivity index (χ3n) is 5.49. The molecule has 0 saturated carbocycles. The molecule has 0 bridgehead atoms. The summed E-state index contributed by atoms with van der Waals surface area (Å²) in [6.45, 7) is 1.76. The molecule has 0 unspecified atom stereocenters. The van der Waals surface area contributed by atoms with Crippen LogP contribution in [0.5, 0.6) is 5.75 Å². The minimum absolute atomic E-state index is 0.00276. The molecule has 4 rings (SSSR count). The minimum Gasteiger partial charge on any atom is -0.480 e. The summed E-state index contributed by atoms with van der Waals surface area (Å²) >= 11 is 0. The highest BCUT2D eigenvalue weighted by Gasteiger charge is 2.30. The Kier molecular flexibility index (Phi) is 6.71. The summed E-state index contributed by atoms with van der Waals surface area (Å²) in [5.41, 5.74) is 1.00. The van der Waals surface area contributed by atoms with Crippen molar-refractivity contribution in [3.63, 3.8) is 0 Å². The number of hydrogen-bond donors (Lipinski definition) is 1. The number of nitriles is 1. The van der Waals surface area contributed by atoms with Crippen LogP contribution in [0, 0.1) is 23.0 Å². The summed E-state index contributed by atoms with van der Waals surface area (Å²) < 4.78 is 61.5. The molecule has 0 saturated heterocycles. The topological polar surface area (TPSA) is 99.5 Å². The Morgan fingerprint density at radius 3 is 2.51 bits per heavy atom. The van der Waals surface area contributed by atoms with Crippen LogP contribution in [0.15, 0.2) is 65.6 Å². The highest BCUT2D eigenvalue weighted by molar-refractivity contribution is 7.92. The molecule has 10 heteroatoms. The molecule has 1 amide bonds. The van der Waals surface area contributed by atoms with Gasteiger partial charge in [0, 0.05) is 30.4 Å². The standard InChI is InChI=1S/C25H21F2N3O4S/c1-2-22-25(31)30(14-16-9-19(26)12-20(27)10-16)15-18-11-21(7-8-23(18)34-22)29-35(32,33)24-6-4-3-5-17(24)13-28/h3-12,22,29H,2,14-15H2,1H3/t22-/m0/s1. The Balaban J connectivity index is 1.66. The molecule has 3 aromatic carbocycles. The summed E-state index contributed by atoms with van der Waals surface area (Å²) in [6, 6.07) is 15.3. The summed E-state index contributed by atoms with van der Waals surface area (Å²) in [4.78, 5) is 14.3. The Bertz CT molecular complexity index is 1420. The van der Waals surface area contributed by atoms with Gasteiger partial charge in [-0.25, -0.2) is 17.2 Å². The third kappa shape index (κ3) is 5.25. The second-order valence-corrected chi connectivity index (χ2v) is 9.67. The van der Waals surface area contributed by atoms with Crippen LogP contribution in [0.25, 0.3) is 0 Å². The van der Waals surface area contributed by atoms with Gasteiger partial charge in [0.1, 0.15) is 28.3 Å². The molecule has 3 aromatic rings. The Morgan fingerprint density at radius 2 is 1.83 bits per heavy atom. The number of halogens is 2. The van der Waals surface area contributed by atoms with Gasteiger partial charge in [-0.05, 0) is 54.4 Å².